The minimum atomic E-state index is 0.629. The van der Waals surface area contributed by atoms with E-state index in [2.05, 4.69) is 61.2 Å². The Morgan fingerprint density at radius 2 is 1.85 bits per heavy atom. The minimum absolute atomic E-state index is 0.629. The number of aromatic nitrogens is 3. The van der Waals surface area contributed by atoms with Gasteiger partial charge in [0.15, 0.2) is 0 Å². The van der Waals surface area contributed by atoms with Crippen LogP contribution in [0.15, 0.2) is 48.8 Å². The summed E-state index contributed by atoms with van der Waals surface area (Å²) in [5.74, 6) is 0.901. The molecule has 1 aromatic heterocycles. The lowest BCUT2D eigenvalue weighted by atomic mass is 10.1. The number of hydrogen-bond acceptors (Lipinski definition) is 4. The zero-order chi connectivity index (χ0) is 19.4. The van der Waals surface area contributed by atoms with Crippen LogP contribution in [0.25, 0.3) is 5.69 Å². The van der Waals surface area contributed by atoms with Gasteiger partial charge in [-0.3, -0.25) is 9.47 Å². The molecule has 0 bridgehead atoms. The molecule has 3 rings (SSSR count). The topological polar surface area (TPSA) is 35.2 Å². The van der Waals surface area contributed by atoms with Gasteiger partial charge in [0.1, 0.15) is 12.1 Å². The third-order valence-corrected chi connectivity index (χ3v) is 4.81. The molecule has 0 spiro atoms. The van der Waals surface area contributed by atoms with E-state index in [1.54, 1.807) is 6.33 Å². The molecule has 0 atom stereocenters. The molecule has 27 heavy (non-hydrogen) atoms. The molecule has 0 radical (unpaired) electrons. The van der Waals surface area contributed by atoms with Crippen LogP contribution in [-0.2, 0) is 13.2 Å². The summed E-state index contributed by atoms with van der Waals surface area (Å²) in [7, 11) is 2.06. The normalized spacial score (nSPS) is 11.1. The van der Waals surface area contributed by atoms with Crippen molar-refractivity contribution in [2.45, 2.75) is 34.0 Å². The first-order valence-electron chi connectivity index (χ1n) is 9.10. The maximum atomic E-state index is 5.65. The molecule has 0 aliphatic rings. The fraction of sp³-hybridized carbons (Fsp3) is 0.333. The molecule has 3 aromatic rings. The Labute approximate surface area is 165 Å². The van der Waals surface area contributed by atoms with E-state index in [0.29, 0.717) is 18.0 Å². The summed E-state index contributed by atoms with van der Waals surface area (Å²) < 4.78 is 10.0. The van der Waals surface area contributed by atoms with Crippen molar-refractivity contribution in [1.29, 1.82) is 0 Å². The van der Waals surface area contributed by atoms with Crippen molar-refractivity contribution in [2.24, 2.45) is 0 Å². The third kappa shape index (κ3) is 4.64. The quantitative estimate of drug-likeness (QED) is 0.563. The van der Waals surface area contributed by atoms with Crippen molar-refractivity contribution in [3.8, 4) is 11.4 Å². The first kappa shape index (κ1) is 19.3. The van der Waals surface area contributed by atoms with Gasteiger partial charge in [-0.2, -0.15) is 5.10 Å². The van der Waals surface area contributed by atoms with Crippen molar-refractivity contribution in [3.63, 3.8) is 0 Å². The Morgan fingerprint density at radius 3 is 2.52 bits per heavy atom. The second-order valence-corrected chi connectivity index (χ2v) is 7.17. The molecule has 0 saturated heterocycles. The number of hydrogen-bond donors (Lipinski definition) is 0. The summed E-state index contributed by atoms with van der Waals surface area (Å²) in [5.41, 5.74) is 4.73. The molecule has 0 amide bonds. The molecule has 142 valence electrons. The zero-order valence-corrected chi connectivity index (χ0v) is 17.2. The predicted octanol–water partition coefficient (Wildman–Crippen LogP) is 4.51. The lowest BCUT2D eigenvalue weighted by Gasteiger charge is -2.17. The third-order valence-electron chi connectivity index (χ3n) is 4.41. The van der Waals surface area contributed by atoms with Crippen molar-refractivity contribution in [3.05, 3.63) is 70.3 Å². The first-order chi connectivity index (χ1) is 13.0. The van der Waals surface area contributed by atoms with Crippen molar-refractivity contribution >= 4 is 12.2 Å². The van der Waals surface area contributed by atoms with E-state index < -0.39 is 0 Å². The summed E-state index contributed by atoms with van der Waals surface area (Å²) in [6, 6.07) is 14.5. The number of benzene rings is 2. The van der Waals surface area contributed by atoms with Gasteiger partial charge >= 0.3 is 0 Å². The summed E-state index contributed by atoms with van der Waals surface area (Å²) in [4.78, 5) is 2.19. The van der Waals surface area contributed by atoms with E-state index >= 15 is 0 Å². The molecule has 1 heterocycles. The van der Waals surface area contributed by atoms with E-state index in [4.69, 9.17) is 17.0 Å². The Bertz CT molecular complexity index is 959. The monoisotopic (exact) mass is 382 g/mol. The maximum absolute atomic E-state index is 5.65. The van der Waals surface area contributed by atoms with E-state index in [0.717, 1.165) is 18.0 Å². The SMILES string of the molecule is CCOc1ccc(CN(C)Cn2ncn(-c3ccc(C)cc3C)c2=S)cc1. The Balaban J connectivity index is 1.70. The van der Waals surface area contributed by atoms with E-state index in [-0.39, 0.29) is 0 Å². The highest BCUT2D eigenvalue weighted by molar-refractivity contribution is 7.71. The van der Waals surface area contributed by atoms with Gasteiger partial charge in [-0.25, -0.2) is 4.68 Å². The van der Waals surface area contributed by atoms with Crippen LogP contribution in [0.4, 0.5) is 0 Å². The summed E-state index contributed by atoms with van der Waals surface area (Å²) >= 11 is 5.65. The fourth-order valence-corrected chi connectivity index (χ4v) is 3.37. The second-order valence-electron chi connectivity index (χ2n) is 6.81. The van der Waals surface area contributed by atoms with Crippen molar-refractivity contribution < 1.29 is 4.74 Å². The fourth-order valence-electron chi connectivity index (χ4n) is 3.12. The molecule has 0 fully saturated rings. The highest BCUT2D eigenvalue weighted by atomic mass is 32.1. The summed E-state index contributed by atoms with van der Waals surface area (Å²) in [6.45, 7) is 8.30. The number of aryl methyl sites for hydroxylation is 2. The molecule has 0 aliphatic heterocycles. The Kier molecular flexibility index (Phi) is 6.08. The van der Waals surface area contributed by atoms with E-state index in [9.17, 15) is 0 Å². The van der Waals surface area contributed by atoms with Gasteiger partial charge in [0.2, 0.25) is 4.77 Å². The highest BCUT2D eigenvalue weighted by Crippen LogP contribution is 2.17. The van der Waals surface area contributed by atoms with Crippen LogP contribution in [0, 0.1) is 18.6 Å². The van der Waals surface area contributed by atoms with Gasteiger partial charge < -0.3 is 4.74 Å². The lowest BCUT2D eigenvalue weighted by Crippen LogP contribution is -2.22. The van der Waals surface area contributed by atoms with E-state index in [1.165, 1.54) is 16.7 Å². The molecule has 2 aromatic carbocycles. The lowest BCUT2D eigenvalue weighted by molar-refractivity contribution is 0.244. The van der Waals surface area contributed by atoms with Crippen LogP contribution >= 0.6 is 12.2 Å². The van der Waals surface area contributed by atoms with Gasteiger partial charge in [-0.1, -0.05) is 29.8 Å². The van der Waals surface area contributed by atoms with Crippen LogP contribution in [0.5, 0.6) is 5.75 Å². The number of nitrogens with zero attached hydrogens (tertiary/aromatic N) is 4. The molecule has 0 saturated carbocycles. The minimum Gasteiger partial charge on any atom is -0.494 e. The zero-order valence-electron chi connectivity index (χ0n) is 16.3. The smallest absolute Gasteiger partial charge is 0.203 e. The van der Waals surface area contributed by atoms with Crippen molar-refractivity contribution in [2.75, 3.05) is 13.7 Å². The maximum Gasteiger partial charge on any atom is 0.203 e. The van der Waals surface area contributed by atoms with E-state index in [1.807, 2.05) is 28.3 Å². The van der Waals surface area contributed by atoms with Crippen LogP contribution in [0.3, 0.4) is 0 Å². The summed E-state index contributed by atoms with van der Waals surface area (Å²) in [5, 5.41) is 4.49. The van der Waals surface area contributed by atoms with Crippen LogP contribution < -0.4 is 4.74 Å². The predicted molar refractivity (Wildman–Crippen MR) is 111 cm³/mol. The standard InChI is InChI=1S/C21H26N4OS/c1-5-26-19-9-7-18(8-10-19)13-23(4)15-25-21(27)24(14-22-25)20-11-6-16(2)12-17(20)3/h6-12,14H,5,13,15H2,1-4H3. The summed E-state index contributed by atoms with van der Waals surface area (Å²) in [6.07, 6.45) is 1.80. The van der Waals surface area contributed by atoms with Gasteiger partial charge in [0, 0.05) is 6.54 Å². The van der Waals surface area contributed by atoms with Crippen LogP contribution in [0.2, 0.25) is 0 Å². The number of ether oxygens (including phenoxy) is 1. The number of rotatable bonds is 7. The largest absolute Gasteiger partial charge is 0.494 e. The Morgan fingerprint density at radius 1 is 1.11 bits per heavy atom. The highest BCUT2D eigenvalue weighted by Gasteiger charge is 2.09. The van der Waals surface area contributed by atoms with Gasteiger partial charge in [-0.15, -0.1) is 0 Å². The van der Waals surface area contributed by atoms with Gasteiger partial charge in [0.05, 0.1) is 19.0 Å². The van der Waals surface area contributed by atoms with Crippen LogP contribution in [-0.4, -0.2) is 32.9 Å². The molecule has 0 aliphatic carbocycles. The molecule has 5 nitrogen and oxygen atoms in total. The molecule has 0 N–H and O–H groups in total. The molecular formula is C21H26N4OS. The molecule has 0 unspecified atom stereocenters. The van der Waals surface area contributed by atoms with Crippen LogP contribution in [0.1, 0.15) is 23.6 Å². The van der Waals surface area contributed by atoms with Crippen molar-refractivity contribution in [1.82, 2.24) is 19.2 Å². The molecular weight excluding hydrogens is 356 g/mol. The first-order valence-corrected chi connectivity index (χ1v) is 9.51. The average molecular weight is 383 g/mol. The Hall–Kier alpha value is -2.44. The van der Waals surface area contributed by atoms with Gasteiger partial charge in [0.25, 0.3) is 0 Å². The molecule has 6 heteroatoms. The average Bonchev–Trinajstić information content (AvgIpc) is 2.97. The second kappa shape index (κ2) is 8.50. The van der Waals surface area contributed by atoms with Gasteiger partial charge in [-0.05, 0) is 69.4 Å².